The lowest BCUT2D eigenvalue weighted by Gasteiger charge is -1.97. The van der Waals surface area contributed by atoms with Gasteiger partial charge in [0.1, 0.15) is 12.0 Å². The van der Waals surface area contributed by atoms with E-state index in [2.05, 4.69) is 11.8 Å². The van der Waals surface area contributed by atoms with Gasteiger partial charge in [-0.1, -0.05) is 17.9 Å². The van der Waals surface area contributed by atoms with Crippen LogP contribution in [0.15, 0.2) is 24.3 Å². The molecule has 0 bridgehead atoms. The average Bonchev–Trinajstić information content (AvgIpc) is 2.25. The molecule has 2 nitrogen and oxygen atoms in total. The molecule has 2 heteroatoms. The Morgan fingerprint density at radius 2 is 2.36 bits per heavy atom. The molecule has 0 aliphatic carbocycles. The Hall–Kier alpha value is -1.75. The van der Waals surface area contributed by atoms with Gasteiger partial charge in [-0.25, -0.2) is 0 Å². The van der Waals surface area contributed by atoms with Crippen molar-refractivity contribution in [1.82, 2.24) is 0 Å². The van der Waals surface area contributed by atoms with Gasteiger partial charge in [-0.05, 0) is 18.2 Å². The molecule has 14 heavy (non-hydrogen) atoms. The molecule has 1 aromatic carbocycles. The van der Waals surface area contributed by atoms with Crippen LogP contribution in [0.4, 0.5) is 0 Å². The van der Waals surface area contributed by atoms with Crippen molar-refractivity contribution in [1.29, 1.82) is 0 Å². The lowest BCUT2D eigenvalue weighted by atomic mass is 10.2. The summed E-state index contributed by atoms with van der Waals surface area (Å²) in [5, 5.41) is 0. The summed E-state index contributed by atoms with van der Waals surface area (Å²) in [6.07, 6.45) is 1.98. The van der Waals surface area contributed by atoms with E-state index in [1.54, 1.807) is 7.11 Å². The van der Waals surface area contributed by atoms with E-state index in [0.29, 0.717) is 12.8 Å². The van der Waals surface area contributed by atoms with E-state index in [0.717, 1.165) is 17.6 Å². The van der Waals surface area contributed by atoms with E-state index in [9.17, 15) is 4.79 Å². The summed E-state index contributed by atoms with van der Waals surface area (Å²) in [5.74, 6) is 6.68. The maximum atomic E-state index is 10.0. The second-order valence-electron chi connectivity index (χ2n) is 2.74. The number of ether oxygens (including phenoxy) is 1. The van der Waals surface area contributed by atoms with Crippen molar-refractivity contribution in [3.05, 3.63) is 29.8 Å². The van der Waals surface area contributed by atoms with Crippen molar-refractivity contribution in [2.75, 3.05) is 7.11 Å². The van der Waals surface area contributed by atoms with Crippen LogP contribution in [0.2, 0.25) is 0 Å². The number of hydrogen-bond donors (Lipinski definition) is 0. The van der Waals surface area contributed by atoms with E-state index in [1.807, 2.05) is 24.3 Å². The molecule has 0 amide bonds. The highest BCUT2D eigenvalue weighted by Gasteiger charge is 1.90. The zero-order chi connectivity index (χ0) is 10.2. The van der Waals surface area contributed by atoms with Gasteiger partial charge >= 0.3 is 0 Å². The number of hydrogen-bond acceptors (Lipinski definition) is 2. The Morgan fingerprint density at radius 3 is 3.07 bits per heavy atom. The summed E-state index contributed by atoms with van der Waals surface area (Å²) in [5.41, 5.74) is 0.912. The first-order valence-corrected chi connectivity index (χ1v) is 4.43. The van der Waals surface area contributed by atoms with Crippen LogP contribution in [0, 0.1) is 11.8 Å². The van der Waals surface area contributed by atoms with Crippen molar-refractivity contribution in [3.63, 3.8) is 0 Å². The fourth-order valence-electron chi connectivity index (χ4n) is 0.996. The molecule has 1 rings (SSSR count). The molecule has 0 atom stereocenters. The number of methoxy groups -OCH3 is 1. The topological polar surface area (TPSA) is 26.3 Å². The van der Waals surface area contributed by atoms with Crippen LogP contribution in [0.3, 0.4) is 0 Å². The molecule has 0 aromatic heterocycles. The highest BCUT2D eigenvalue weighted by Crippen LogP contribution is 2.11. The Morgan fingerprint density at radius 1 is 1.50 bits per heavy atom. The van der Waals surface area contributed by atoms with E-state index < -0.39 is 0 Å². The molecule has 0 spiro atoms. The van der Waals surface area contributed by atoms with E-state index in [-0.39, 0.29) is 0 Å². The number of rotatable bonds is 3. The third-order valence-electron chi connectivity index (χ3n) is 1.69. The summed E-state index contributed by atoms with van der Waals surface area (Å²) in [4.78, 5) is 10.0. The van der Waals surface area contributed by atoms with Crippen molar-refractivity contribution in [3.8, 4) is 17.6 Å². The van der Waals surface area contributed by atoms with E-state index >= 15 is 0 Å². The summed E-state index contributed by atoms with van der Waals surface area (Å²) in [7, 11) is 1.62. The fraction of sp³-hybridized carbons (Fsp3) is 0.250. The molecule has 0 fully saturated rings. The van der Waals surface area contributed by atoms with Crippen LogP contribution in [0.5, 0.6) is 5.75 Å². The normalized spacial score (nSPS) is 8.64. The van der Waals surface area contributed by atoms with Gasteiger partial charge in [0.05, 0.1) is 7.11 Å². The number of benzene rings is 1. The SMILES string of the molecule is COc1cccc(C#CCCC=O)c1. The highest BCUT2D eigenvalue weighted by molar-refractivity contribution is 5.50. The predicted octanol–water partition coefficient (Wildman–Crippen LogP) is 2.03. The van der Waals surface area contributed by atoms with Gasteiger partial charge in [-0.15, -0.1) is 0 Å². The maximum absolute atomic E-state index is 10.0. The van der Waals surface area contributed by atoms with Crippen LogP contribution < -0.4 is 4.74 Å². The Bertz CT molecular complexity index is 358. The molecule has 0 heterocycles. The maximum Gasteiger partial charge on any atom is 0.120 e. The molecule has 0 saturated carbocycles. The van der Waals surface area contributed by atoms with Gasteiger partial charge in [-0.2, -0.15) is 0 Å². The van der Waals surface area contributed by atoms with Gasteiger partial charge in [0, 0.05) is 18.4 Å². The second-order valence-corrected chi connectivity index (χ2v) is 2.74. The van der Waals surface area contributed by atoms with E-state index in [4.69, 9.17) is 4.74 Å². The average molecular weight is 188 g/mol. The summed E-state index contributed by atoms with van der Waals surface area (Å²) < 4.78 is 5.06. The summed E-state index contributed by atoms with van der Waals surface area (Å²) in [6.45, 7) is 0. The molecule has 1 aromatic rings. The first kappa shape index (κ1) is 10.3. The molecule has 0 radical (unpaired) electrons. The van der Waals surface area contributed by atoms with Crippen LogP contribution in [-0.2, 0) is 4.79 Å². The van der Waals surface area contributed by atoms with E-state index in [1.165, 1.54) is 0 Å². The zero-order valence-electron chi connectivity index (χ0n) is 8.12. The van der Waals surface area contributed by atoms with Crippen LogP contribution in [0.1, 0.15) is 18.4 Å². The third kappa shape index (κ3) is 3.32. The third-order valence-corrected chi connectivity index (χ3v) is 1.69. The van der Waals surface area contributed by atoms with Gasteiger partial charge < -0.3 is 9.53 Å². The molecule has 0 aliphatic rings. The van der Waals surface area contributed by atoms with Crippen molar-refractivity contribution >= 4 is 6.29 Å². The van der Waals surface area contributed by atoms with Crippen LogP contribution in [0.25, 0.3) is 0 Å². The smallest absolute Gasteiger partial charge is 0.120 e. The standard InChI is InChI=1S/C12H12O2/c1-14-12-8-5-7-11(10-12)6-3-2-4-9-13/h5,7-10H,2,4H2,1H3. The van der Waals surface area contributed by atoms with Crippen LogP contribution in [-0.4, -0.2) is 13.4 Å². The number of carbonyl (C=O) groups excluding carboxylic acids is 1. The Balaban J connectivity index is 2.64. The number of unbranched alkanes of at least 4 members (excludes halogenated alkanes) is 1. The quantitative estimate of drug-likeness (QED) is 0.412. The fourth-order valence-corrected chi connectivity index (χ4v) is 0.996. The van der Waals surface area contributed by atoms with Crippen LogP contribution >= 0.6 is 0 Å². The number of carbonyl (C=O) groups is 1. The Kier molecular flexibility index (Phi) is 4.30. The lowest BCUT2D eigenvalue weighted by Crippen LogP contribution is -1.82. The van der Waals surface area contributed by atoms with Crippen molar-refractivity contribution < 1.29 is 9.53 Å². The molecule has 0 aliphatic heterocycles. The summed E-state index contributed by atoms with van der Waals surface area (Å²) in [6, 6.07) is 7.55. The molecule has 0 saturated heterocycles. The van der Waals surface area contributed by atoms with Gasteiger partial charge in [0.2, 0.25) is 0 Å². The predicted molar refractivity (Wildman–Crippen MR) is 55.2 cm³/mol. The lowest BCUT2D eigenvalue weighted by molar-refractivity contribution is -0.107. The van der Waals surface area contributed by atoms with Gasteiger partial charge in [0.15, 0.2) is 0 Å². The monoisotopic (exact) mass is 188 g/mol. The molecule has 0 N–H and O–H groups in total. The second kappa shape index (κ2) is 5.82. The van der Waals surface area contributed by atoms with Crippen molar-refractivity contribution in [2.24, 2.45) is 0 Å². The zero-order valence-corrected chi connectivity index (χ0v) is 8.12. The molecule has 0 unspecified atom stereocenters. The minimum absolute atomic E-state index is 0.497. The molecular formula is C12H12O2. The minimum Gasteiger partial charge on any atom is -0.497 e. The first-order valence-electron chi connectivity index (χ1n) is 4.43. The molecular weight excluding hydrogens is 176 g/mol. The number of aldehydes is 1. The first-order chi connectivity index (χ1) is 6.86. The summed E-state index contributed by atoms with van der Waals surface area (Å²) >= 11 is 0. The van der Waals surface area contributed by atoms with Gasteiger partial charge in [-0.3, -0.25) is 0 Å². The Labute approximate surface area is 83.9 Å². The minimum atomic E-state index is 0.497. The largest absolute Gasteiger partial charge is 0.497 e. The highest BCUT2D eigenvalue weighted by atomic mass is 16.5. The van der Waals surface area contributed by atoms with Gasteiger partial charge in [0.25, 0.3) is 0 Å². The van der Waals surface area contributed by atoms with Crippen molar-refractivity contribution in [2.45, 2.75) is 12.8 Å². The molecule has 72 valence electrons.